The fraction of sp³-hybridized carbons (Fsp3) is 0.524. The lowest BCUT2D eigenvalue weighted by atomic mass is 10.0. The maximum Gasteiger partial charge on any atom is 0.309 e. The zero-order valence-electron chi connectivity index (χ0n) is 16.4. The van der Waals surface area contributed by atoms with Crippen molar-refractivity contribution in [1.82, 2.24) is 14.8 Å². The van der Waals surface area contributed by atoms with Gasteiger partial charge in [-0.25, -0.2) is 9.37 Å². The number of carbonyl (C=O) groups excluding carboxylic acids is 1. The second-order valence-corrected chi connectivity index (χ2v) is 7.81. The van der Waals surface area contributed by atoms with E-state index in [0.717, 1.165) is 43.9 Å². The number of hydrogen-bond acceptors (Lipinski definition) is 5. The van der Waals surface area contributed by atoms with Crippen LogP contribution in [-0.2, 0) is 19.5 Å². The van der Waals surface area contributed by atoms with E-state index >= 15 is 0 Å². The van der Waals surface area contributed by atoms with Crippen LogP contribution in [0.3, 0.4) is 0 Å². The van der Waals surface area contributed by atoms with Gasteiger partial charge < -0.3 is 14.1 Å². The Hall–Kier alpha value is -2.41. The molecule has 4 rings (SSSR count). The molecule has 0 N–H and O–H groups in total. The minimum atomic E-state index is -0.277. The van der Waals surface area contributed by atoms with Gasteiger partial charge in [-0.05, 0) is 24.8 Å². The van der Waals surface area contributed by atoms with Crippen LogP contribution in [0.15, 0.2) is 22.6 Å². The summed E-state index contributed by atoms with van der Waals surface area (Å²) in [4.78, 5) is 21.2. The number of ether oxygens (including phenoxy) is 1. The van der Waals surface area contributed by atoms with E-state index < -0.39 is 0 Å². The molecule has 3 heterocycles. The highest BCUT2D eigenvalue weighted by Gasteiger charge is 2.29. The molecule has 0 spiro atoms. The van der Waals surface area contributed by atoms with Crippen LogP contribution in [0.25, 0.3) is 0 Å². The number of halogens is 1. The van der Waals surface area contributed by atoms with E-state index in [1.807, 2.05) is 4.90 Å². The molecule has 1 amide bonds. The molecule has 2 aliphatic heterocycles. The minimum absolute atomic E-state index is 0.117. The lowest BCUT2D eigenvalue weighted by Gasteiger charge is -2.29. The molecular formula is C21H26FN3O3. The summed E-state index contributed by atoms with van der Waals surface area (Å²) in [7, 11) is 1.52. The highest BCUT2D eigenvalue weighted by atomic mass is 19.1. The molecular weight excluding hydrogens is 361 g/mol. The third kappa shape index (κ3) is 3.90. The molecule has 0 radical (unpaired) electrons. The Kier molecular flexibility index (Phi) is 5.35. The second-order valence-electron chi connectivity index (χ2n) is 7.81. The number of rotatable bonds is 4. The maximum atomic E-state index is 14.2. The molecule has 28 heavy (non-hydrogen) atoms. The van der Waals surface area contributed by atoms with Gasteiger partial charge in [-0.15, -0.1) is 0 Å². The van der Waals surface area contributed by atoms with Gasteiger partial charge >= 0.3 is 5.91 Å². The molecule has 0 unspecified atom stereocenters. The van der Waals surface area contributed by atoms with Crippen LogP contribution in [0.4, 0.5) is 4.39 Å². The van der Waals surface area contributed by atoms with Gasteiger partial charge in [0.25, 0.3) is 5.89 Å². The zero-order valence-corrected chi connectivity index (χ0v) is 16.4. The molecule has 1 aromatic heterocycles. The van der Waals surface area contributed by atoms with E-state index in [1.54, 1.807) is 12.1 Å². The van der Waals surface area contributed by atoms with E-state index in [0.29, 0.717) is 36.7 Å². The van der Waals surface area contributed by atoms with Gasteiger partial charge in [0.05, 0.1) is 12.8 Å². The molecule has 2 aliphatic rings. The van der Waals surface area contributed by atoms with Gasteiger partial charge in [0, 0.05) is 50.8 Å². The molecule has 0 saturated carbocycles. The first-order valence-corrected chi connectivity index (χ1v) is 9.86. The fourth-order valence-corrected chi connectivity index (χ4v) is 4.01. The van der Waals surface area contributed by atoms with Gasteiger partial charge in [-0.3, -0.25) is 9.69 Å². The van der Waals surface area contributed by atoms with Gasteiger partial charge in [-0.1, -0.05) is 13.0 Å². The first kappa shape index (κ1) is 18.9. The highest BCUT2D eigenvalue weighted by molar-refractivity contribution is 5.89. The average Bonchev–Trinajstić information content (AvgIpc) is 3.12. The third-order valence-electron chi connectivity index (χ3n) is 5.59. The molecule has 7 heteroatoms. The van der Waals surface area contributed by atoms with Crippen LogP contribution in [0.2, 0.25) is 0 Å². The van der Waals surface area contributed by atoms with Gasteiger partial charge in [-0.2, -0.15) is 0 Å². The second kappa shape index (κ2) is 7.91. The summed E-state index contributed by atoms with van der Waals surface area (Å²) < 4.78 is 25.1. The van der Waals surface area contributed by atoms with Crippen molar-refractivity contribution in [1.29, 1.82) is 0 Å². The molecule has 1 saturated heterocycles. The number of fused-ring (bicyclic) bond motifs is 1. The first-order chi connectivity index (χ1) is 13.5. The highest BCUT2D eigenvalue weighted by Crippen LogP contribution is 2.25. The predicted octanol–water partition coefficient (Wildman–Crippen LogP) is 3.25. The van der Waals surface area contributed by atoms with Crippen molar-refractivity contribution in [3.05, 3.63) is 46.9 Å². The van der Waals surface area contributed by atoms with Crippen LogP contribution in [-0.4, -0.2) is 47.4 Å². The molecule has 6 nitrogen and oxygen atoms in total. The number of benzene rings is 1. The fourth-order valence-electron chi connectivity index (χ4n) is 4.01. The number of piperidine rings is 1. The lowest BCUT2D eigenvalue weighted by molar-refractivity contribution is 0.0640. The Morgan fingerprint density at radius 1 is 1.39 bits per heavy atom. The van der Waals surface area contributed by atoms with E-state index in [4.69, 9.17) is 9.15 Å². The summed E-state index contributed by atoms with van der Waals surface area (Å²) in [5.41, 5.74) is 1.40. The molecule has 1 aromatic carbocycles. The maximum absolute atomic E-state index is 14.2. The van der Waals surface area contributed by atoms with Crippen LogP contribution in [0.5, 0.6) is 5.75 Å². The third-order valence-corrected chi connectivity index (χ3v) is 5.59. The van der Waals surface area contributed by atoms with Gasteiger partial charge in [0.1, 0.15) is 17.3 Å². The van der Waals surface area contributed by atoms with Crippen molar-refractivity contribution >= 4 is 5.91 Å². The molecule has 150 valence electrons. The predicted molar refractivity (Wildman–Crippen MR) is 102 cm³/mol. The van der Waals surface area contributed by atoms with Gasteiger partial charge in [0.2, 0.25) is 0 Å². The summed E-state index contributed by atoms with van der Waals surface area (Å²) >= 11 is 0. The lowest BCUT2D eigenvalue weighted by Crippen LogP contribution is -2.39. The summed E-state index contributed by atoms with van der Waals surface area (Å²) in [6.07, 6.45) is 2.85. The van der Waals surface area contributed by atoms with Crippen LogP contribution in [0, 0.1) is 11.7 Å². The number of hydrogen-bond donors (Lipinski definition) is 0. The summed E-state index contributed by atoms with van der Waals surface area (Å²) in [5.74, 6) is 1.59. The standard InChI is InChI=1S/C21H26FN3O3/c1-14-4-3-8-25(11-14)21(26)20-23-18-13-24(9-7-19(18)28-20)12-15-5-6-16(27-2)10-17(15)22/h5-6,10,14H,3-4,7-9,11-13H2,1-2H3/t14-/m1/s1. The van der Waals surface area contributed by atoms with Crippen molar-refractivity contribution in [3.63, 3.8) is 0 Å². The summed E-state index contributed by atoms with van der Waals surface area (Å²) in [5, 5.41) is 0. The van der Waals surface area contributed by atoms with Crippen molar-refractivity contribution < 1.29 is 18.3 Å². The minimum Gasteiger partial charge on any atom is -0.497 e. The molecule has 0 bridgehead atoms. The Morgan fingerprint density at radius 2 is 2.25 bits per heavy atom. The largest absolute Gasteiger partial charge is 0.497 e. The first-order valence-electron chi connectivity index (χ1n) is 9.86. The summed E-state index contributed by atoms with van der Waals surface area (Å²) in [6.45, 7) is 5.45. The van der Waals surface area contributed by atoms with Crippen molar-refractivity contribution in [2.75, 3.05) is 26.7 Å². The van der Waals surface area contributed by atoms with Crippen LogP contribution >= 0.6 is 0 Å². The average molecular weight is 387 g/mol. The van der Waals surface area contributed by atoms with E-state index in [1.165, 1.54) is 13.2 Å². The SMILES string of the molecule is COc1ccc(CN2CCc3oc(C(=O)N4CCC[C@@H](C)C4)nc3C2)c(F)c1. The number of likely N-dealkylation sites (tertiary alicyclic amines) is 1. The normalized spacial score (nSPS) is 20.1. The van der Waals surface area contributed by atoms with Crippen molar-refractivity contribution in [2.45, 2.75) is 39.3 Å². The topological polar surface area (TPSA) is 58.8 Å². The zero-order chi connectivity index (χ0) is 19.7. The molecule has 1 atom stereocenters. The van der Waals surface area contributed by atoms with Crippen molar-refractivity contribution in [3.8, 4) is 5.75 Å². The molecule has 2 aromatic rings. The number of oxazole rings is 1. The smallest absolute Gasteiger partial charge is 0.309 e. The number of carbonyl (C=O) groups is 1. The number of aromatic nitrogens is 1. The Labute approximate surface area is 164 Å². The van der Waals surface area contributed by atoms with Crippen LogP contribution in [0.1, 0.15) is 47.5 Å². The number of methoxy groups -OCH3 is 1. The van der Waals surface area contributed by atoms with Crippen LogP contribution < -0.4 is 4.74 Å². The van der Waals surface area contributed by atoms with E-state index in [2.05, 4.69) is 16.8 Å². The Bertz CT molecular complexity index is 867. The van der Waals surface area contributed by atoms with Gasteiger partial charge in [0.15, 0.2) is 0 Å². The summed E-state index contributed by atoms with van der Waals surface area (Å²) in [6, 6.07) is 4.91. The van der Waals surface area contributed by atoms with E-state index in [9.17, 15) is 9.18 Å². The number of amides is 1. The Morgan fingerprint density at radius 3 is 3.00 bits per heavy atom. The molecule has 1 fully saturated rings. The monoisotopic (exact) mass is 387 g/mol. The van der Waals surface area contributed by atoms with Crippen molar-refractivity contribution in [2.24, 2.45) is 5.92 Å². The number of nitrogens with zero attached hydrogens (tertiary/aromatic N) is 3. The Balaban J connectivity index is 1.44. The quantitative estimate of drug-likeness (QED) is 0.806. The molecule has 0 aliphatic carbocycles. The van der Waals surface area contributed by atoms with E-state index in [-0.39, 0.29) is 17.6 Å².